The molecule has 0 aromatic heterocycles. The van der Waals surface area contributed by atoms with Crippen LogP contribution < -0.4 is 4.90 Å². The van der Waals surface area contributed by atoms with E-state index in [0.29, 0.717) is 0 Å². The Kier molecular flexibility index (Phi) is 7.62. The maximum atomic E-state index is 2.50. The van der Waals surface area contributed by atoms with Crippen LogP contribution in [0.15, 0.2) is 212 Å². The molecule has 0 unspecified atom stereocenters. The lowest BCUT2D eigenvalue weighted by atomic mass is 9.61. The van der Waals surface area contributed by atoms with Crippen LogP contribution in [0, 0.1) is 0 Å². The minimum atomic E-state index is -0.380. The summed E-state index contributed by atoms with van der Waals surface area (Å²) >= 11 is 0. The summed E-state index contributed by atoms with van der Waals surface area (Å²) in [4.78, 5) is 2.43. The topological polar surface area (TPSA) is 3.24 Å². The molecule has 12 rings (SSSR count). The smallest absolute Gasteiger partial charge is 0.0719 e. The molecular formula is C59H43N. The Morgan fingerprint density at radius 1 is 0.317 bits per heavy atom. The summed E-state index contributed by atoms with van der Waals surface area (Å²) in [5.74, 6) is 0. The fourth-order valence-corrected chi connectivity index (χ4v) is 11.0. The van der Waals surface area contributed by atoms with E-state index in [1.54, 1.807) is 0 Å². The number of fused-ring (bicyclic) bond motifs is 12. The Morgan fingerprint density at radius 3 is 1.55 bits per heavy atom. The van der Waals surface area contributed by atoms with E-state index >= 15 is 0 Å². The van der Waals surface area contributed by atoms with E-state index in [9.17, 15) is 0 Å². The fraction of sp³-hybridized carbons (Fsp3) is 0.0847. The zero-order valence-electron chi connectivity index (χ0n) is 33.9. The first-order valence-corrected chi connectivity index (χ1v) is 21.2. The quantitative estimate of drug-likeness (QED) is 0.169. The monoisotopic (exact) mass is 765 g/mol. The lowest BCUT2D eigenvalue weighted by Crippen LogP contribution is -2.34. The third kappa shape index (κ3) is 4.99. The van der Waals surface area contributed by atoms with E-state index in [1.165, 1.54) is 89.0 Å². The average molecular weight is 766 g/mol. The molecule has 0 aliphatic heterocycles. The molecule has 1 spiro atoms. The van der Waals surface area contributed by atoms with Crippen molar-refractivity contribution in [2.45, 2.75) is 31.1 Å². The van der Waals surface area contributed by atoms with Crippen molar-refractivity contribution < 1.29 is 0 Å². The molecule has 0 saturated heterocycles. The molecule has 60 heavy (non-hydrogen) atoms. The van der Waals surface area contributed by atoms with Crippen LogP contribution in [0.3, 0.4) is 0 Å². The van der Waals surface area contributed by atoms with Crippen LogP contribution in [0.5, 0.6) is 0 Å². The van der Waals surface area contributed by atoms with E-state index in [-0.39, 0.29) is 10.8 Å². The van der Waals surface area contributed by atoms with Gasteiger partial charge in [-0.3, -0.25) is 0 Å². The predicted molar refractivity (Wildman–Crippen MR) is 250 cm³/mol. The maximum Gasteiger partial charge on any atom is 0.0719 e. The lowest BCUT2D eigenvalue weighted by Gasteiger charge is -2.40. The van der Waals surface area contributed by atoms with Gasteiger partial charge in [-0.2, -0.15) is 0 Å². The first-order chi connectivity index (χ1) is 29.5. The van der Waals surface area contributed by atoms with Gasteiger partial charge in [0.2, 0.25) is 0 Å². The van der Waals surface area contributed by atoms with E-state index in [4.69, 9.17) is 0 Å². The molecule has 0 fully saturated rings. The fourth-order valence-electron chi connectivity index (χ4n) is 11.0. The Bertz CT molecular complexity index is 3100. The Morgan fingerprint density at radius 2 is 0.817 bits per heavy atom. The van der Waals surface area contributed by atoms with Crippen molar-refractivity contribution in [1.29, 1.82) is 0 Å². The van der Waals surface area contributed by atoms with Crippen molar-refractivity contribution in [3.05, 3.63) is 257 Å². The van der Waals surface area contributed by atoms with Gasteiger partial charge >= 0.3 is 0 Å². The third-order valence-corrected chi connectivity index (χ3v) is 13.8. The van der Waals surface area contributed by atoms with Crippen molar-refractivity contribution in [2.75, 3.05) is 4.90 Å². The predicted octanol–water partition coefficient (Wildman–Crippen LogP) is 15.1. The van der Waals surface area contributed by atoms with E-state index in [0.717, 1.165) is 23.5 Å². The largest absolute Gasteiger partial charge is 0.310 e. The minimum absolute atomic E-state index is 0.103. The molecule has 0 saturated carbocycles. The van der Waals surface area contributed by atoms with E-state index < -0.39 is 0 Å². The first kappa shape index (κ1) is 34.8. The van der Waals surface area contributed by atoms with Crippen molar-refractivity contribution in [2.24, 2.45) is 0 Å². The molecule has 0 bridgehead atoms. The van der Waals surface area contributed by atoms with Crippen molar-refractivity contribution in [3.63, 3.8) is 0 Å². The molecule has 284 valence electrons. The van der Waals surface area contributed by atoms with Gasteiger partial charge in [0, 0.05) is 22.5 Å². The molecule has 0 radical (unpaired) electrons. The van der Waals surface area contributed by atoms with Crippen LogP contribution >= 0.6 is 0 Å². The maximum absolute atomic E-state index is 2.50. The molecule has 1 nitrogen and oxygen atoms in total. The van der Waals surface area contributed by atoms with Gasteiger partial charge in [-0.15, -0.1) is 0 Å². The highest BCUT2D eigenvalue weighted by atomic mass is 15.1. The van der Waals surface area contributed by atoms with Crippen LogP contribution in [-0.4, -0.2) is 0 Å². The zero-order valence-corrected chi connectivity index (χ0v) is 33.9. The van der Waals surface area contributed by atoms with Crippen LogP contribution in [0.25, 0.3) is 44.5 Å². The average Bonchev–Trinajstić information content (AvgIpc) is 3.72. The first-order valence-electron chi connectivity index (χ1n) is 21.2. The Labute approximate surface area is 352 Å². The SMILES string of the molecule is CC1(C)c2ccccc2-c2ccc(N(c3ccc(-c4ccc5c(c4)C4(c6ccccc6C5)c5ccccc5-c5ccccc54)cc3)c3cccc(-c4ccccc4)c3)cc21. The van der Waals surface area contributed by atoms with E-state index in [1.807, 2.05) is 0 Å². The summed E-state index contributed by atoms with van der Waals surface area (Å²) in [6, 6.07) is 79.4. The summed E-state index contributed by atoms with van der Waals surface area (Å²) in [6.07, 6.45) is 0.927. The molecule has 3 aliphatic rings. The molecule has 9 aromatic carbocycles. The van der Waals surface area contributed by atoms with Gasteiger partial charge in [-0.05, 0) is 138 Å². The molecular weight excluding hydrogens is 723 g/mol. The van der Waals surface area contributed by atoms with Crippen LogP contribution in [0.4, 0.5) is 17.1 Å². The number of benzene rings is 9. The number of hydrogen-bond donors (Lipinski definition) is 0. The normalized spacial score (nSPS) is 14.4. The number of hydrogen-bond acceptors (Lipinski definition) is 1. The molecule has 0 heterocycles. The van der Waals surface area contributed by atoms with Gasteiger partial charge < -0.3 is 4.90 Å². The summed E-state index contributed by atoms with van der Waals surface area (Å²) in [7, 11) is 0. The van der Waals surface area contributed by atoms with Gasteiger partial charge in [0.05, 0.1) is 5.41 Å². The molecule has 0 amide bonds. The molecule has 0 N–H and O–H groups in total. The second kappa shape index (κ2) is 13.1. The second-order valence-corrected chi connectivity index (χ2v) is 17.2. The van der Waals surface area contributed by atoms with Crippen LogP contribution in [-0.2, 0) is 17.3 Å². The highest BCUT2D eigenvalue weighted by molar-refractivity contribution is 5.90. The Hall–Kier alpha value is -7.22. The summed E-state index contributed by atoms with van der Waals surface area (Å²) < 4.78 is 0. The van der Waals surface area contributed by atoms with Gasteiger partial charge in [0.25, 0.3) is 0 Å². The van der Waals surface area contributed by atoms with Crippen molar-refractivity contribution in [1.82, 2.24) is 0 Å². The van der Waals surface area contributed by atoms with Gasteiger partial charge in [-0.1, -0.05) is 184 Å². The van der Waals surface area contributed by atoms with E-state index in [2.05, 4.69) is 231 Å². The number of anilines is 3. The number of nitrogens with zero attached hydrogens (tertiary/aromatic N) is 1. The minimum Gasteiger partial charge on any atom is -0.310 e. The lowest BCUT2D eigenvalue weighted by molar-refractivity contribution is 0.660. The van der Waals surface area contributed by atoms with Crippen LogP contribution in [0.2, 0.25) is 0 Å². The van der Waals surface area contributed by atoms with Gasteiger partial charge in [0.15, 0.2) is 0 Å². The summed E-state index contributed by atoms with van der Waals surface area (Å²) in [6.45, 7) is 4.72. The highest BCUT2D eigenvalue weighted by Crippen LogP contribution is 2.59. The van der Waals surface area contributed by atoms with Crippen LogP contribution in [0.1, 0.15) is 58.4 Å². The van der Waals surface area contributed by atoms with Gasteiger partial charge in [-0.25, -0.2) is 0 Å². The third-order valence-electron chi connectivity index (χ3n) is 13.8. The molecule has 0 atom stereocenters. The van der Waals surface area contributed by atoms with Gasteiger partial charge in [0.1, 0.15) is 0 Å². The summed E-state index contributed by atoms with van der Waals surface area (Å²) in [5.41, 5.74) is 24.2. The molecule has 9 aromatic rings. The standard InChI is InChI=1S/C59H43N/c1-58(2)53-24-11-7-20-48(53)51-34-33-47(38-57(51)58)60(46-19-14-18-41(36-46)39-15-4-3-5-16-39)45-31-29-40(30-32-45)42-27-28-44-35-43-17-6-10-23-52(43)59(56(44)37-42)54-25-12-8-21-49(54)50-22-9-13-26-55(50)59/h3-34,36-38H,35H2,1-2H3. The van der Waals surface area contributed by atoms with Crippen molar-refractivity contribution in [3.8, 4) is 44.5 Å². The zero-order chi connectivity index (χ0) is 40.0. The highest BCUT2D eigenvalue weighted by Gasteiger charge is 2.49. The molecule has 1 heteroatoms. The number of rotatable bonds is 5. The second-order valence-electron chi connectivity index (χ2n) is 17.2. The molecule has 3 aliphatic carbocycles. The Balaban J connectivity index is 0.997. The summed E-state index contributed by atoms with van der Waals surface area (Å²) in [5, 5.41) is 0. The van der Waals surface area contributed by atoms with Crippen molar-refractivity contribution >= 4 is 17.1 Å².